The molecule has 0 aliphatic carbocycles. The monoisotopic (exact) mass is 246 g/mol. The van der Waals surface area contributed by atoms with Crippen LogP contribution in [0, 0.1) is 6.92 Å². The van der Waals surface area contributed by atoms with E-state index in [1.165, 1.54) is 5.56 Å². The first-order valence-corrected chi connectivity index (χ1v) is 6.02. The quantitative estimate of drug-likeness (QED) is 0.882. The van der Waals surface area contributed by atoms with Crippen LogP contribution in [0.3, 0.4) is 0 Å². The van der Waals surface area contributed by atoms with Crippen molar-refractivity contribution in [2.45, 2.75) is 19.4 Å². The van der Waals surface area contributed by atoms with E-state index in [2.05, 4.69) is 0 Å². The summed E-state index contributed by atoms with van der Waals surface area (Å²) in [5.41, 5.74) is 3.00. The Bertz CT molecular complexity index is 485. The van der Waals surface area contributed by atoms with E-state index in [4.69, 9.17) is 9.15 Å². The van der Waals surface area contributed by atoms with Gasteiger partial charge in [-0.25, -0.2) is 0 Å². The molecule has 18 heavy (non-hydrogen) atoms. The van der Waals surface area contributed by atoms with Crippen LogP contribution in [0.4, 0.5) is 0 Å². The summed E-state index contributed by atoms with van der Waals surface area (Å²) in [6, 6.07) is 9.73. The van der Waals surface area contributed by atoms with E-state index in [1.807, 2.05) is 37.3 Å². The Hall–Kier alpha value is -1.58. The Balaban J connectivity index is 2.12. The van der Waals surface area contributed by atoms with Crippen molar-refractivity contribution in [3.63, 3.8) is 0 Å². The van der Waals surface area contributed by atoms with Gasteiger partial charge in [-0.05, 0) is 36.1 Å². The van der Waals surface area contributed by atoms with Crippen LogP contribution in [0.25, 0.3) is 0 Å². The van der Waals surface area contributed by atoms with Gasteiger partial charge in [-0.15, -0.1) is 0 Å². The van der Waals surface area contributed by atoms with Crippen molar-refractivity contribution in [3.05, 3.63) is 59.0 Å². The van der Waals surface area contributed by atoms with Crippen LogP contribution in [-0.4, -0.2) is 18.8 Å². The fourth-order valence-electron chi connectivity index (χ4n) is 1.90. The van der Waals surface area contributed by atoms with E-state index < -0.39 is 6.10 Å². The summed E-state index contributed by atoms with van der Waals surface area (Å²) in [7, 11) is 1.69. The molecule has 1 heterocycles. The Morgan fingerprint density at radius 1 is 1.22 bits per heavy atom. The van der Waals surface area contributed by atoms with Gasteiger partial charge in [0, 0.05) is 7.11 Å². The first-order valence-electron chi connectivity index (χ1n) is 6.02. The number of benzene rings is 1. The molecule has 1 aromatic heterocycles. The maximum atomic E-state index is 10.2. The highest BCUT2D eigenvalue weighted by atomic mass is 16.5. The summed E-state index contributed by atoms with van der Waals surface area (Å²) >= 11 is 0. The van der Waals surface area contributed by atoms with Crippen molar-refractivity contribution in [1.29, 1.82) is 0 Å². The Morgan fingerprint density at radius 2 is 1.94 bits per heavy atom. The molecule has 0 bridgehead atoms. The van der Waals surface area contributed by atoms with Crippen molar-refractivity contribution in [2.75, 3.05) is 13.7 Å². The van der Waals surface area contributed by atoms with Crippen LogP contribution in [0.5, 0.6) is 0 Å². The molecule has 0 amide bonds. The van der Waals surface area contributed by atoms with Crippen molar-refractivity contribution in [3.8, 4) is 0 Å². The first-order chi connectivity index (χ1) is 8.72. The molecule has 3 heteroatoms. The number of furan rings is 1. The standard InChI is InChI=1S/C15H18O3/c1-11-7-10-18-15(11)14(16)13-5-3-12(4-6-13)8-9-17-2/h3-7,10,14,16H,8-9H2,1-2H3. The highest BCUT2D eigenvalue weighted by molar-refractivity contribution is 5.31. The van der Waals surface area contributed by atoms with Crippen LogP contribution in [0.1, 0.15) is 28.6 Å². The van der Waals surface area contributed by atoms with E-state index in [1.54, 1.807) is 13.4 Å². The topological polar surface area (TPSA) is 42.6 Å². The minimum absolute atomic E-state index is 0.611. The number of hydrogen-bond acceptors (Lipinski definition) is 3. The van der Waals surface area contributed by atoms with Gasteiger partial charge in [0.1, 0.15) is 11.9 Å². The molecule has 0 fully saturated rings. The maximum absolute atomic E-state index is 10.2. The third-order valence-corrected chi connectivity index (χ3v) is 3.04. The molecule has 1 aromatic carbocycles. The van der Waals surface area contributed by atoms with Crippen molar-refractivity contribution in [2.24, 2.45) is 0 Å². The summed E-state index contributed by atoms with van der Waals surface area (Å²) in [4.78, 5) is 0. The molecule has 3 nitrogen and oxygen atoms in total. The number of hydrogen-bond donors (Lipinski definition) is 1. The molecule has 1 N–H and O–H groups in total. The molecule has 2 aromatic rings. The van der Waals surface area contributed by atoms with Gasteiger partial charge < -0.3 is 14.3 Å². The van der Waals surface area contributed by atoms with Crippen molar-refractivity contribution < 1.29 is 14.3 Å². The molecule has 0 saturated heterocycles. The third kappa shape index (κ3) is 2.81. The van der Waals surface area contributed by atoms with Gasteiger partial charge in [0.25, 0.3) is 0 Å². The highest BCUT2D eigenvalue weighted by Gasteiger charge is 2.15. The number of rotatable bonds is 5. The molecule has 1 atom stereocenters. The second-order valence-electron chi connectivity index (χ2n) is 4.35. The summed E-state index contributed by atoms with van der Waals surface area (Å²) in [6.45, 7) is 2.63. The highest BCUT2D eigenvalue weighted by Crippen LogP contribution is 2.25. The number of aliphatic hydroxyl groups excluding tert-OH is 1. The predicted molar refractivity (Wildman–Crippen MR) is 69.5 cm³/mol. The zero-order valence-corrected chi connectivity index (χ0v) is 10.7. The summed E-state index contributed by atoms with van der Waals surface area (Å²) < 4.78 is 10.3. The van der Waals surface area contributed by atoms with Gasteiger partial charge in [-0.2, -0.15) is 0 Å². The number of methoxy groups -OCH3 is 1. The summed E-state index contributed by atoms with van der Waals surface area (Å²) in [6.07, 6.45) is 1.78. The second-order valence-corrected chi connectivity index (χ2v) is 4.35. The fraction of sp³-hybridized carbons (Fsp3) is 0.333. The lowest BCUT2D eigenvalue weighted by molar-refractivity contribution is 0.188. The molecule has 0 saturated carbocycles. The second kappa shape index (κ2) is 5.85. The third-order valence-electron chi connectivity index (χ3n) is 3.04. The van der Waals surface area contributed by atoms with Gasteiger partial charge in [-0.3, -0.25) is 0 Å². The lowest BCUT2D eigenvalue weighted by Crippen LogP contribution is -2.01. The smallest absolute Gasteiger partial charge is 0.139 e. The summed E-state index contributed by atoms with van der Waals surface area (Å²) in [5, 5.41) is 10.2. The van der Waals surface area contributed by atoms with E-state index >= 15 is 0 Å². The van der Waals surface area contributed by atoms with Gasteiger partial charge in [0.05, 0.1) is 12.9 Å². The van der Waals surface area contributed by atoms with Crippen LogP contribution in [0.15, 0.2) is 41.0 Å². The average Bonchev–Trinajstić information content (AvgIpc) is 2.82. The average molecular weight is 246 g/mol. The molecular formula is C15H18O3. The van der Waals surface area contributed by atoms with Crippen LogP contribution >= 0.6 is 0 Å². The molecule has 2 rings (SSSR count). The zero-order valence-electron chi connectivity index (χ0n) is 10.7. The minimum atomic E-state index is -0.698. The van der Waals surface area contributed by atoms with Crippen molar-refractivity contribution in [1.82, 2.24) is 0 Å². The Morgan fingerprint density at radius 3 is 2.50 bits per heavy atom. The molecule has 0 aliphatic heterocycles. The number of ether oxygens (including phenoxy) is 1. The van der Waals surface area contributed by atoms with Crippen LogP contribution < -0.4 is 0 Å². The normalized spacial score (nSPS) is 12.6. The van der Waals surface area contributed by atoms with E-state index in [9.17, 15) is 5.11 Å². The summed E-state index contributed by atoms with van der Waals surface area (Å²) in [5.74, 6) is 0.611. The van der Waals surface area contributed by atoms with Crippen molar-refractivity contribution >= 4 is 0 Å². The lowest BCUT2D eigenvalue weighted by atomic mass is 10.0. The first kappa shape index (κ1) is 12.9. The van der Waals surface area contributed by atoms with Crippen LogP contribution in [0.2, 0.25) is 0 Å². The van der Waals surface area contributed by atoms with E-state index in [0.717, 1.165) is 17.5 Å². The Labute approximate surface area is 107 Å². The van der Waals surface area contributed by atoms with E-state index in [-0.39, 0.29) is 0 Å². The van der Waals surface area contributed by atoms with Gasteiger partial charge in [0.2, 0.25) is 0 Å². The molecular weight excluding hydrogens is 228 g/mol. The molecule has 1 unspecified atom stereocenters. The predicted octanol–water partition coefficient (Wildman–Crippen LogP) is 2.86. The minimum Gasteiger partial charge on any atom is -0.466 e. The van der Waals surface area contributed by atoms with E-state index in [0.29, 0.717) is 12.4 Å². The largest absolute Gasteiger partial charge is 0.466 e. The van der Waals surface area contributed by atoms with Gasteiger partial charge in [0.15, 0.2) is 0 Å². The number of aryl methyl sites for hydroxylation is 1. The number of aliphatic hydroxyl groups is 1. The molecule has 0 spiro atoms. The lowest BCUT2D eigenvalue weighted by Gasteiger charge is -2.10. The Kier molecular flexibility index (Phi) is 4.18. The van der Waals surface area contributed by atoms with Gasteiger partial charge >= 0.3 is 0 Å². The molecule has 0 radical (unpaired) electrons. The van der Waals surface area contributed by atoms with Gasteiger partial charge in [-0.1, -0.05) is 24.3 Å². The zero-order chi connectivity index (χ0) is 13.0. The van der Waals surface area contributed by atoms with Crippen LogP contribution in [-0.2, 0) is 11.2 Å². The molecule has 96 valence electrons. The fourth-order valence-corrected chi connectivity index (χ4v) is 1.90. The molecule has 0 aliphatic rings. The SMILES string of the molecule is COCCc1ccc(C(O)c2occc2C)cc1. The maximum Gasteiger partial charge on any atom is 0.139 e.